The molecular weight excluding hydrogens is 318 g/mol. The van der Waals surface area contributed by atoms with Crippen molar-refractivity contribution in [2.45, 2.75) is 19.9 Å². The molecule has 6 heteroatoms. The third kappa shape index (κ3) is 5.84. The van der Waals surface area contributed by atoms with E-state index in [1.54, 1.807) is 24.3 Å². The summed E-state index contributed by atoms with van der Waals surface area (Å²) in [7, 11) is 0. The van der Waals surface area contributed by atoms with Crippen LogP contribution in [0, 0.1) is 5.92 Å². The SMILES string of the molecule is CC(C)COC(=O)Nc1cccc(N[C@@H](C(N)=O)c2ccccc2)c1. The lowest BCUT2D eigenvalue weighted by molar-refractivity contribution is -0.118. The van der Waals surface area contributed by atoms with Gasteiger partial charge in [0.2, 0.25) is 5.91 Å². The summed E-state index contributed by atoms with van der Waals surface area (Å²) in [6, 6.07) is 15.6. The highest BCUT2D eigenvalue weighted by Gasteiger charge is 2.17. The van der Waals surface area contributed by atoms with Gasteiger partial charge in [0, 0.05) is 11.4 Å². The van der Waals surface area contributed by atoms with Crippen LogP contribution in [0.15, 0.2) is 54.6 Å². The second-order valence-corrected chi connectivity index (χ2v) is 6.09. The van der Waals surface area contributed by atoms with Gasteiger partial charge in [-0.2, -0.15) is 0 Å². The van der Waals surface area contributed by atoms with E-state index in [0.29, 0.717) is 18.0 Å². The predicted molar refractivity (Wildman–Crippen MR) is 98.3 cm³/mol. The van der Waals surface area contributed by atoms with Gasteiger partial charge in [0.05, 0.1) is 6.61 Å². The number of carbonyl (C=O) groups is 2. The lowest BCUT2D eigenvalue weighted by Crippen LogP contribution is -2.27. The van der Waals surface area contributed by atoms with E-state index in [0.717, 1.165) is 5.56 Å². The Hall–Kier alpha value is -3.02. The van der Waals surface area contributed by atoms with Crippen molar-refractivity contribution in [2.75, 3.05) is 17.2 Å². The van der Waals surface area contributed by atoms with Gasteiger partial charge < -0.3 is 15.8 Å². The third-order valence-electron chi connectivity index (χ3n) is 3.39. The summed E-state index contributed by atoms with van der Waals surface area (Å²) >= 11 is 0. The summed E-state index contributed by atoms with van der Waals surface area (Å²) in [4.78, 5) is 23.5. The van der Waals surface area contributed by atoms with Crippen molar-refractivity contribution in [1.29, 1.82) is 0 Å². The molecule has 132 valence electrons. The van der Waals surface area contributed by atoms with Crippen LogP contribution in [0.4, 0.5) is 16.2 Å². The highest BCUT2D eigenvalue weighted by Crippen LogP contribution is 2.22. The molecule has 2 rings (SSSR count). The maximum absolute atomic E-state index is 11.8. The molecule has 0 saturated carbocycles. The lowest BCUT2D eigenvalue weighted by Gasteiger charge is -2.18. The van der Waals surface area contributed by atoms with Gasteiger partial charge in [0.15, 0.2) is 0 Å². The Morgan fingerprint density at radius 2 is 1.72 bits per heavy atom. The van der Waals surface area contributed by atoms with Crippen LogP contribution in [0.25, 0.3) is 0 Å². The summed E-state index contributed by atoms with van der Waals surface area (Å²) in [5.74, 6) is -0.221. The molecule has 0 saturated heterocycles. The molecule has 4 N–H and O–H groups in total. The van der Waals surface area contributed by atoms with Gasteiger partial charge in [-0.3, -0.25) is 10.1 Å². The van der Waals surface area contributed by atoms with Gasteiger partial charge in [-0.1, -0.05) is 50.2 Å². The molecule has 0 aromatic heterocycles. The molecule has 0 heterocycles. The average molecular weight is 341 g/mol. The van der Waals surface area contributed by atoms with Crippen molar-refractivity contribution in [3.63, 3.8) is 0 Å². The van der Waals surface area contributed by atoms with Crippen LogP contribution in [-0.4, -0.2) is 18.6 Å². The Morgan fingerprint density at radius 3 is 2.36 bits per heavy atom. The molecule has 1 atom stereocenters. The second-order valence-electron chi connectivity index (χ2n) is 6.09. The number of nitrogens with one attached hydrogen (secondary N) is 2. The topological polar surface area (TPSA) is 93.4 Å². The third-order valence-corrected chi connectivity index (χ3v) is 3.39. The molecule has 0 spiro atoms. The van der Waals surface area contributed by atoms with E-state index < -0.39 is 18.0 Å². The fourth-order valence-corrected chi connectivity index (χ4v) is 2.21. The van der Waals surface area contributed by atoms with Crippen LogP contribution in [0.1, 0.15) is 25.5 Å². The molecule has 0 aliphatic rings. The average Bonchev–Trinajstić information content (AvgIpc) is 2.59. The molecule has 6 nitrogen and oxygen atoms in total. The number of ether oxygens (including phenoxy) is 1. The van der Waals surface area contributed by atoms with Crippen molar-refractivity contribution < 1.29 is 14.3 Å². The Bertz CT molecular complexity index is 717. The lowest BCUT2D eigenvalue weighted by atomic mass is 10.1. The van der Waals surface area contributed by atoms with Gasteiger partial charge in [-0.15, -0.1) is 0 Å². The first kappa shape index (κ1) is 18.3. The minimum atomic E-state index is -0.663. The minimum Gasteiger partial charge on any atom is -0.449 e. The van der Waals surface area contributed by atoms with E-state index in [4.69, 9.17) is 10.5 Å². The number of hydrogen-bond donors (Lipinski definition) is 3. The van der Waals surface area contributed by atoms with E-state index in [1.165, 1.54) is 0 Å². The van der Waals surface area contributed by atoms with Crippen LogP contribution in [0.5, 0.6) is 0 Å². The Morgan fingerprint density at radius 1 is 1.04 bits per heavy atom. The smallest absolute Gasteiger partial charge is 0.411 e. The number of anilines is 2. The molecule has 2 aromatic rings. The van der Waals surface area contributed by atoms with Crippen LogP contribution < -0.4 is 16.4 Å². The Balaban J connectivity index is 2.07. The van der Waals surface area contributed by atoms with Gasteiger partial charge in [-0.05, 0) is 29.7 Å². The van der Waals surface area contributed by atoms with Gasteiger partial charge >= 0.3 is 6.09 Å². The van der Waals surface area contributed by atoms with Gasteiger partial charge in [-0.25, -0.2) is 4.79 Å². The first-order chi connectivity index (χ1) is 12.0. The zero-order valence-electron chi connectivity index (χ0n) is 14.4. The van der Waals surface area contributed by atoms with Crippen molar-refractivity contribution in [3.8, 4) is 0 Å². The van der Waals surface area contributed by atoms with E-state index in [2.05, 4.69) is 10.6 Å². The number of hydrogen-bond acceptors (Lipinski definition) is 4. The Labute approximate surface area is 147 Å². The fraction of sp³-hybridized carbons (Fsp3) is 0.263. The van der Waals surface area contributed by atoms with Crippen molar-refractivity contribution in [2.24, 2.45) is 11.7 Å². The van der Waals surface area contributed by atoms with Gasteiger partial charge in [0.25, 0.3) is 0 Å². The first-order valence-electron chi connectivity index (χ1n) is 8.10. The fourth-order valence-electron chi connectivity index (χ4n) is 2.21. The van der Waals surface area contributed by atoms with E-state index in [-0.39, 0.29) is 5.92 Å². The summed E-state index contributed by atoms with van der Waals surface area (Å²) in [6.45, 7) is 4.28. The van der Waals surface area contributed by atoms with Crippen molar-refractivity contribution >= 4 is 23.4 Å². The zero-order chi connectivity index (χ0) is 18.2. The maximum atomic E-state index is 11.8. The molecule has 2 aromatic carbocycles. The summed E-state index contributed by atoms with van der Waals surface area (Å²) in [6.07, 6.45) is -0.514. The second kappa shape index (κ2) is 8.73. The van der Waals surface area contributed by atoms with Crippen LogP contribution >= 0.6 is 0 Å². The molecule has 2 amide bonds. The largest absolute Gasteiger partial charge is 0.449 e. The summed E-state index contributed by atoms with van der Waals surface area (Å²) in [5, 5.41) is 5.75. The number of carbonyl (C=O) groups excluding carboxylic acids is 2. The number of amides is 2. The van der Waals surface area contributed by atoms with E-state index in [9.17, 15) is 9.59 Å². The first-order valence-corrected chi connectivity index (χ1v) is 8.10. The Kier molecular flexibility index (Phi) is 6.39. The summed E-state index contributed by atoms with van der Waals surface area (Å²) in [5.41, 5.74) is 7.51. The molecule has 0 aliphatic carbocycles. The van der Waals surface area contributed by atoms with Crippen LogP contribution in [-0.2, 0) is 9.53 Å². The number of nitrogens with two attached hydrogens (primary N) is 1. The summed E-state index contributed by atoms with van der Waals surface area (Å²) < 4.78 is 5.09. The number of rotatable bonds is 7. The van der Waals surface area contributed by atoms with Gasteiger partial charge in [0.1, 0.15) is 6.04 Å². The highest BCUT2D eigenvalue weighted by molar-refractivity contribution is 5.87. The quantitative estimate of drug-likeness (QED) is 0.718. The minimum absolute atomic E-state index is 0.265. The molecule has 0 radical (unpaired) electrons. The van der Waals surface area contributed by atoms with Crippen molar-refractivity contribution in [3.05, 3.63) is 60.2 Å². The number of primary amides is 1. The molecule has 0 unspecified atom stereocenters. The normalized spacial score (nSPS) is 11.6. The maximum Gasteiger partial charge on any atom is 0.411 e. The van der Waals surface area contributed by atoms with Crippen molar-refractivity contribution in [1.82, 2.24) is 0 Å². The van der Waals surface area contributed by atoms with Crippen LogP contribution in [0.2, 0.25) is 0 Å². The van der Waals surface area contributed by atoms with Crippen LogP contribution in [0.3, 0.4) is 0 Å². The molecular formula is C19H23N3O3. The highest BCUT2D eigenvalue weighted by atomic mass is 16.5. The van der Waals surface area contributed by atoms with E-state index >= 15 is 0 Å². The zero-order valence-corrected chi connectivity index (χ0v) is 14.4. The monoisotopic (exact) mass is 341 g/mol. The standard InChI is InChI=1S/C19H23N3O3/c1-13(2)12-25-19(24)22-16-10-6-9-15(11-16)21-17(18(20)23)14-7-4-3-5-8-14/h3-11,13,17,21H,12H2,1-2H3,(H2,20,23)(H,22,24)/t17-/m1/s1. The molecule has 0 fully saturated rings. The number of benzene rings is 2. The predicted octanol–water partition coefficient (Wildman–Crippen LogP) is 3.53. The molecule has 0 aliphatic heterocycles. The molecule has 0 bridgehead atoms. The molecule has 25 heavy (non-hydrogen) atoms. The van der Waals surface area contributed by atoms with E-state index in [1.807, 2.05) is 44.2 Å².